The van der Waals surface area contributed by atoms with Crippen LogP contribution in [0.4, 0.5) is 5.69 Å². The van der Waals surface area contributed by atoms with Crippen LogP contribution in [0.3, 0.4) is 0 Å². The second-order valence-electron chi connectivity index (χ2n) is 9.76. The second-order valence-corrected chi connectivity index (χ2v) is 15.4. The van der Waals surface area contributed by atoms with Gasteiger partial charge >= 0.3 is 0 Å². The van der Waals surface area contributed by atoms with Crippen molar-refractivity contribution in [1.82, 2.24) is 25.0 Å². The molecule has 0 atom stereocenters. The van der Waals surface area contributed by atoms with E-state index in [4.69, 9.17) is 4.74 Å². The average molecular weight is 439 g/mol. The fourth-order valence-electron chi connectivity index (χ4n) is 3.96. The molecule has 1 N–H and O–H groups in total. The van der Waals surface area contributed by atoms with Crippen LogP contribution < -0.4 is 5.32 Å². The van der Waals surface area contributed by atoms with Crippen molar-refractivity contribution < 1.29 is 4.74 Å². The summed E-state index contributed by atoms with van der Waals surface area (Å²) < 4.78 is 7.63. The lowest BCUT2D eigenvalue weighted by Gasteiger charge is -2.20. The number of anilines is 1. The highest BCUT2D eigenvalue weighted by atomic mass is 28.3. The van der Waals surface area contributed by atoms with E-state index < -0.39 is 8.07 Å². The van der Waals surface area contributed by atoms with E-state index in [1.54, 1.807) is 0 Å². The molecule has 0 spiro atoms. The Balaban J connectivity index is 1.31. The zero-order valence-corrected chi connectivity index (χ0v) is 20.0. The summed E-state index contributed by atoms with van der Waals surface area (Å²) in [6.45, 7) is 8.91. The molecule has 7 nitrogen and oxygen atoms in total. The van der Waals surface area contributed by atoms with Crippen molar-refractivity contribution in [3.8, 4) is 0 Å². The molecule has 1 aromatic carbocycles. The number of hydrogen-bond donors (Lipinski definition) is 1. The summed E-state index contributed by atoms with van der Waals surface area (Å²) in [4.78, 5) is 9.30. The summed E-state index contributed by atoms with van der Waals surface area (Å²) in [5.74, 6) is 0.591. The summed E-state index contributed by atoms with van der Waals surface area (Å²) in [5, 5.41) is 12.0. The zero-order valence-electron chi connectivity index (χ0n) is 19.0. The van der Waals surface area contributed by atoms with Gasteiger partial charge in [0.2, 0.25) is 0 Å². The van der Waals surface area contributed by atoms with Crippen molar-refractivity contribution in [2.45, 2.75) is 77.0 Å². The summed E-state index contributed by atoms with van der Waals surface area (Å²) in [6.07, 6.45) is 10.3. The fraction of sp³-hybridized carbons (Fsp3) is 0.565. The minimum Gasteiger partial charge on any atom is -0.379 e. The van der Waals surface area contributed by atoms with Crippen LogP contribution in [0.1, 0.15) is 49.4 Å². The van der Waals surface area contributed by atoms with Crippen LogP contribution in [0.2, 0.25) is 25.7 Å². The van der Waals surface area contributed by atoms with Crippen molar-refractivity contribution in [2.24, 2.45) is 0 Å². The first-order valence-electron chi connectivity index (χ1n) is 11.4. The van der Waals surface area contributed by atoms with Gasteiger partial charge in [-0.15, -0.1) is 5.10 Å². The highest BCUT2D eigenvalue weighted by Gasteiger charge is 2.17. The standard InChI is InChI=1S/C23H34N6OSi/c1-31(2,3)12-11-30-17-29-23-10-9-19(13-21(23)27-28-29)24-14-20-15-26-22(16-25-20)18-7-5-4-6-8-18/h9-10,13,15-16,18,24H,4-8,11-12,14,17H2,1-3H3. The molecular weight excluding hydrogens is 404 g/mol. The molecule has 2 aromatic heterocycles. The lowest BCUT2D eigenvalue weighted by molar-refractivity contribution is 0.0803. The van der Waals surface area contributed by atoms with Gasteiger partial charge in [-0.3, -0.25) is 9.97 Å². The molecule has 8 heteroatoms. The molecule has 4 rings (SSSR count). The maximum atomic E-state index is 5.82. The Kier molecular flexibility index (Phi) is 6.97. The Labute approximate surface area is 185 Å². The number of nitrogens with one attached hydrogen (secondary N) is 1. The molecule has 1 fully saturated rings. The van der Waals surface area contributed by atoms with E-state index in [1.807, 2.05) is 35.3 Å². The molecule has 2 heterocycles. The van der Waals surface area contributed by atoms with Gasteiger partial charge < -0.3 is 10.1 Å². The summed E-state index contributed by atoms with van der Waals surface area (Å²) in [7, 11) is -1.08. The SMILES string of the molecule is C[Si](C)(C)CCOCn1nnc2cc(NCc3cnc(C4CCCCC4)cn3)ccc21. The van der Waals surface area contributed by atoms with Gasteiger partial charge in [0, 0.05) is 32.5 Å². The van der Waals surface area contributed by atoms with Crippen LogP contribution in [0.25, 0.3) is 11.0 Å². The van der Waals surface area contributed by atoms with Gasteiger partial charge in [0.05, 0.1) is 29.6 Å². The Morgan fingerprint density at radius 3 is 2.68 bits per heavy atom. The van der Waals surface area contributed by atoms with E-state index in [0.29, 0.717) is 19.2 Å². The van der Waals surface area contributed by atoms with E-state index in [9.17, 15) is 0 Å². The van der Waals surface area contributed by atoms with Gasteiger partial charge in [0.1, 0.15) is 12.2 Å². The molecular formula is C23H34N6OSi. The number of aromatic nitrogens is 5. The number of nitrogens with zero attached hydrogens (tertiary/aromatic N) is 5. The van der Waals surface area contributed by atoms with Crippen molar-refractivity contribution in [1.29, 1.82) is 0 Å². The maximum Gasteiger partial charge on any atom is 0.141 e. The van der Waals surface area contributed by atoms with Crippen LogP contribution in [0.5, 0.6) is 0 Å². The Bertz CT molecular complexity index is 976. The molecule has 0 aliphatic heterocycles. The average Bonchev–Trinajstić information content (AvgIpc) is 3.18. The number of fused-ring (bicyclic) bond motifs is 1. The summed E-state index contributed by atoms with van der Waals surface area (Å²) in [5.41, 5.74) is 4.93. The third-order valence-electron chi connectivity index (χ3n) is 5.95. The summed E-state index contributed by atoms with van der Waals surface area (Å²) in [6, 6.07) is 7.26. The minimum atomic E-state index is -1.08. The highest BCUT2D eigenvalue weighted by molar-refractivity contribution is 6.76. The molecule has 166 valence electrons. The maximum absolute atomic E-state index is 5.82. The minimum absolute atomic E-state index is 0.441. The van der Waals surface area contributed by atoms with Gasteiger partial charge in [0.15, 0.2) is 0 Å². The predicted molar refractivity (Wildman–Crippen MR) is 127 cm³/mol. The predicted octanol–water partition coefficient (Wildman–Crippen LogP) is 5.19. The number of rotatable bonds is 9. The first kappa shape index (κ1) is 21.9. The molecule has 3 aromatic rings. The lowest BCUT2D eigenvalue weighted by atomic mass is 9.87. The molecule has 1 saturated carbocycles. The van der Waals surface area contributed by atoms with Crippen LogP contribution in [-0.4, -0.2) is 39.6 Å². The van der Waals surface area contributed by atoms with Crippen LogP contribution >= 0.6 is 0 Å². The molecule has 0 saturated heterocycles. The quantitative estimate of drug-likeness (QED) is 0.366. The van der Waals surface area contributed by atoms with E-state index >= 15 is 0 Å². The molecule has 0 bridgehead atoms. The molecule has 31 heavy (non-hydrogen) atoms. The Morgan fingerprint density at radius 2 is 1.94 bits per heavy atom. The first-order valence-corrected chi connectivity index (χ1v) is 15.1. The lowest BCUT2D eigenvalue weighted by Crippen LogP contribution is -2.22. The monoisotopic (exact) mass is 438 g/mol. The van der Waals surface area contributed by atoms with E-state index in [2.05, 4.69) is 45.2 Å². The molecule has 0 unspecified atom stereocenters. The third kappa shape index (κ3) is 6.10. The molecule has 1 aliphatic rings. The molecule has 1 aliphatic carbocycles. The largest absolute Gasteiger partial charge is 0.379 e. The van der Waals surface area contributed by atoms with E-state index in [-0.39, 0.29) is 0 Å². The third-order valence-corrected chi connectivity index (χ3v) is 7.65. The van der Waals surface area contributed by atoms with Gasteiger partial charge in [-0.2, -0.15) is 0 Å². The molecule has 0 radical (unpaired) electrons. The number of ether oxygens (including phenoxy) is 1. The van der Waals surface area contributed by atoms with E-state index in [0.717, 1.165) is 40.8 Å². The topological polar surface area (TPSA) is 77.8 Å². The van der Waals surface area contributed by atoms with E-state index in [1.165, 1.54) is 32.1 Å². The molecule has 0 amide bonds. The Hall–Kier alpha value is -2.32. The van der Waals surface area contributed by atoms with Crippen molar-refractivity contribution in [2.75, 3.05) is 11.9 Å². The number of hydrogen-bond acceptors (Lipinski definition) is 6. The zero-order chi connectivity index (χ0) is 21.7. The van der Waals surface area contributed by atoms with Crippen LogP contribution in [-0.2, 0) is 18.0 Å². The number of benzene rings is 1. The van der Waals surface area contributed by atoms with Crippen molar-refractivity contribution >= 4 is 24.8 Å². The fourth-order valence-corrected chi connectivity index (χ4v) is 4.72. The van der Waals surface area contributed by atoms with Crippen LogP contribution in [0.15, 0.2) is 30.6 Å². The van der Waals surface area contributed by atoms with Crippen molar-refractivity contribution in [3.63, 3.8) is 0 Å². The first-order chi connectivity index (χ1) is 15.0. The van der Waals surface area contributed by atoms with Gasteiger partial charge in [-0.05, 0) is 37.1 Å². The van der Waals surface area contributed by atoms with Crippen LogP contribution in [0, 0.1) is 0 Å². The highest BCUT2D eigenvalue weighted by Crippen LogP contribution is 2.31. The van der Waals surface area contributed by atoms with Gasteiger partial charge in [0.25, 0.3) is 0 Å². The van der Waals surface area contributed by atoms with Gasteiger partial charge in [-0.1, -0.05) is 44.1 Å². The van der Waals surface area contributed by atoms with Gasteiger partial charge in [-0.25, -0.2) is 4.68 Å². The normalized spacial score (nSPS) is 15.5. The second kappa shape index (κ2) is 9.87. The smallest absolute Gasteiger partial charge is 0.141 e. The summed E-state index contributed by atoms with van der Waals surface area (Å²) >= 11 is 0. The van der Waals surface area contributed by atoms with Crippen molar-refractivity contribution in [3.05, 3.63) is 42.0 Å². The Morgan fingerprint density at radius 1 is 1.10 bits per heavy atom.